The van der Waals surface area contributed by atoms with Crippen LogP contribution in [0.1, 0.15) is 44.2 Å². The van der Waals surface area contributed by atoms with Gasteiger partial charge in [0.2, 0.25) is 0 Å². The number of hydrogen-bond donors (Lipinski definition) is 1. The summed E-state index contributed by atoms with van der Waals surface area (Å²) in [5.41, 5.74) is 0.285. The molecule has 1 rings (SSSR count). The van der Waals surface area contributed by atoms with Gasteiger partial charge in [0.15, 0.2) is 0 Å². The summed E-state index contributed by atoms with van der Waals surface area (Å²) in [4.78, 5) is 0. The third-order valence-electron chi connectivity index (χ3n) is 3.33. The smallest absolute Gasteiger partial charge is 0.314 e. The highest BCUT2D eigenvalue weighted by Crippen LogP contribution is 2.35. The Morgan fingerprint density at radius 1 is 1.26 bits per heavy atom. The molecular formula is C14H19BrF3N. The molecule has 0 saturated heterocycles. The molecule has 19 heavy (non-hydrogen) atoms. The van der Waals surface area contributed by atoms with E-state index in [-0.39, 0.29) is 12.0 Å². The third kappa shape index (κ3) is 4.21. The van der Waals surface area contributed by atoms with Crippen molar-refractivity contribution in [3.63, 3.8) is 0 Å². The number of likely N-dealkylation sites (N-methyl/N-ethyl adjacent to an activating group) is 1. The van der Waals surface area contributed by atoms with Gasteiger partial charge in [0.1, 0.15) is 0 Å². The van der Waals surface area contributed by atoms with Gasteiger partial charge in [-0.25, -0.2) is 0 Å². The molecule has 0 heterocycles. The fourth-order valence-electron chi connectivity index (χ4n) is 2.23. The normalized spacial score (nSPS) is 15.3. The van der Waals surface area contributed by atoms with Gasteiger partial charge in [-0.2, -0.15) is 13.2 Å². The topological polar surface area (TPSA) is 12.0 Å². The quantitative estimate of drug-likeness (QED) is 0.800. The molecule has 1 aromatic carbocycles. The van der Waals surface area contributed by atoms with Gasteiger partial charge in [-0.15, -0.1) is 0 Å². The van der Waals surface area contributed by atoms with Crippen LogP contribution in [0.2, 0.25) is 0 Å². The van der Waals surface area contributed by atoms with Crippen molar-refractivity contribution >= 4 is 15.9 Å². The van der Waals surface area contributed by atoms with Gasteiger partial charge >= 0.3 is 6.18 Å². The molecule has 0 fully saturated rings. The van der Waals surface area contributed by atoms with E-state index in [1.54, 1.807) is 6.07 Å². The summed E-state index contributed by atoms with van der Waals surface area (Å²) < 4.78 is 38.4. The largest absolute Gasteiger partial charge is 0.416 e. The maximum Gasteiger partial charge on any atom is 0.416 e. The van der Waals surface area contributed by atoms with Crippen LogP contribution in [0.15, 0.2) is 22.7 Å². The minimum absolute atomic E-state index is 0.154. The Morgan fingerprint density at radius 2 is 1.89 bits per heavy atom. The molecule has 5 heteroatoms. The molecule has 0 radical (unpaired) electrons. The van der Waals surface area contributed by atoms with Crippen molar-refractivity contribution < 1.29 is 13.2 Å². The number of halogens is 4. The molecule has 1 aromatic rings. The molecule has 0 saturated carbocycles. The molecule has 0 aliphatic carbocycles. The number of benzene rings is 1. The highest BCUT2D eigenvalue weighted by atomic mass is 79.9. The van der Waals surface area contributed by atoms with Crippen molar-refractivity contribution in [1.82, 2.24) is 5.32 Å². The SMILES string of the molecule is CCNC(CC)C(C)c1ccc(C(F)(F)F)cc1Br. The second kappa shape index (κ2) is 6.75. The first-order valence-electron chi connectivity index (χ1n) is 6.41. The van der Waals surface area contributed by atoms with Crippen LogP contribution < -0.4 is 5.32 Å². The lowest BCUT2D eigenvalue weighted by atomic mass is 9.91. The van der Waals surface area contributed by atoms with Crippen LogP contribution in [0, 0.1) is 0 Å². The summed E-state index contributed by atoms with van der Waals surface area (Å²) in [7, 11) is 0. The molecule has 0 spiro atoms. The van der Waals surface area contributed by atoms with Crippen LogP contribution in [0.25, 0.3) is 0 Å². The van der Waals surface area contributed by atoms with Crippen LogP contribution in [-0.2, 0) is 6.18 Å². The van der Waals surface area contributed by atoms with Crippen LogP contribution in [0.3, 0.4) is 0 Å². The molecule has 108 valence electrons. The summed E-state index contributed by atoms with van der Waals surface area (Å²) in [5.74, 6) is 0.154. The first kappa shape index (κ1) is 16.5. The van der Waals surface area contributed by atoms with E-state index in [0.717, 1.165) is 30.7 Å². The summed E-state index contributed by atoms with van der Waals surface area (Å²) in [6.45, 7) is 6.98. The van der Waals surface area contributed by atoms with Crippen molar-refractivity contribution in [3.8, 4) is 0 Å². The van der Waals surface area contributed by atoms with Gasteiger partial charge in [-0.05, 0) is 36.6 Å². The van der Waals surface area contributed by atoms with Crippen molar-refractivity contribution in [1.29, 1.82) is 0 Å². The number of nitrogens with one attached hydrogen (secondary N) is 1. The molecule has 2 unspecified atom stereocenters. The molecule has 2 atom stereocenters. The highest BCUT2D eigenvalue weighted by molar-refractivity contribution is 9.10. The Bertz CT molecular complexity index is 418. The zero-order chi connectivity index (χ0) is 14.6. The Morgan fingerprint density at radius 3 is 2.32 bits per heavy atom. The molecule has 0 amide bonds. The van der Waals surface area contributed by atoms with Crippen LogP contribution in [-0.4, -0.2) is 12.6 Å². The van der Waals surface area contributed by atoms with E-state index in [2.05, 4.69) is 28.2 Å². The number of alkyl halides is 3. The van der Waals surface area contributed by atoms with E-state index in [0.29, 0.717) is 4.47 Å². The average Bonchev–Trinajstić information content (AvgIpc) is 2.34. The van der Waals surface area contributed by atoms with Gasteiger partial charge in [-0.1, -0.05) is 42.8 Å². The predicted octanol–water partition coefficient (Wildman–Crippen LogP) is 4.96. The first-order chi connectivity index (χ1) is 8.81. The Kier molecular flexibility index (Phi) is 5.86. The van der Waals surface area contributed by atoms with E-state index < -0.39 is 11.7 Å². The minimum Gasteiger partial charge on any atom is -0.314 e. The van der Waals surface area contributed by atoms with Crippen molar-refractivity contribution in [2.24, 2.45) is 0 Å². The average molecular weight is 338 g/mol. The van der Waals surface area contributed by atoms with E-state index in [1.807, 2.05) is 13.8 Å². The zero-order valence-electron chi connectivity index (χ0n) is 11.3. The molecule has 1 nitrogen and oxygen atoms in total. The van der Waals surface area contributed by atoms with Crippen LogP contribution >= 0.6 is 15.9 Å². The van der Waals surface area contributed by atoms with Gasteiger partial charge < -0.3 is 5.32 Å². The summed E-state index contributed by atoms with van der Waals surface area (Å²) >= 11 is 3.26. The molecule has 0 bridgehead atoms. The van der Waals surface area contributed by atoms with Gasteiger partial charge in [-0.3, -0.25) is 0 Å². The molecular weight excluding hydrogens is 319 g/mol. The van der Waals surface area contributed by atoms with Crippen molar-refractivity contribution in [2.45, 2.75) is 45.3 Å². The summed E-state index contributed by atoms with van der Waals surface area (Å²) in [6, 6.07) is 4.13. The zero-order valence-corrected chi connectivity index (χ0v) is 12.9. The first-order valence-corrected chi connectivity index (χ1v) is 7.20. The van der Waals surface area contributed by atoms with Gasteiger partial charge in [0.05, 0.1) is 5.56 Å². The van der Waals surface area contributed by atoms with E-state index in [1.165, 1.54) is 0 Å². The summed E-state index contributed by atoms with van der Waals surface area (Å²) in [6.07, 6.45) is -3.36. The Labute approximate surface area is 120 Å². The molecule has 1 N–H and O–H groups in total. The lowest BCUT2D eigenvalue weighted by Crippen LogP contribution is -2.33. The summed E-state index contributed by atoms with van der Waals surface area (Å²) in [5, 5.41) is 3.36. The standard InChI is InChI=1S/C14H19BrF3N/c1-4-13(19-5-2)9(3)11-7-6-10(8-12(11)15)14(16,17)18/h6-9,13,19H,4-5H2,1-3H3. The van der Waals surface area contributed by atoms with E-state index >= 15 is 0 Å². The fourth-order valence-corrected chi connectivity index (χ4v) is 2.97. The van der Waals surface area contributed by atoms with E-state index in [9.17, 15) is 13.2 Å². The van der Waals surface area contributed by atoms with Crippen LogP contribution in [0.4, 0.5) is 13.2 Å². The minimum atomic E-state index is -4.30. The maximum absolute atomic E-state index is 12.6. The predicted molar refractivity (Wildman–Crippen MR) is 75.3 cm³/mol. The number of hydrogen-bond acceptors (Lipinski definition) is 1. The molecule has 0 aliphatic heterocycles. The number of rotatable bonds is 5. The van der Waals surface area contributed by atoms with Crippen molar-refractivity contribution in [2.75, 3.05) is 6.54 Å². The van der Waals surface area contributed by atoms with Crippen LogP contribution in [0.5, 0.6) is 0 Å². The Balaban J connectivity index is 3.02. The van der Waals surface area contributed by atoms with E-state index in [4.69, 9.17) is 0 Å². The third-order valence-corrected chi connectivity index (χ3v) is 4.01. The van der Waals surface area contributed by atoms with Gasteiger partial charge in [0, 0.05) is 10.5 Å². The lowest BCUT2D eigenvalue weighted by molar-refractivity contribution is -0.137. The molecule has 0 aliphatic rings. The lowest BCUT2D eigenvalue weighted by Gasteiger charge is -2.25. The Hall–Kier alpha value is -0.550. The van der Waals surface area contributed by atoms with Crippen molar-refractivity contribution in [3.05, 3.63) is 33.8 Å². The monoisotopic (exact) mass is 337 g/mol. The van der Waals surface area contributed by atoms with Gasteiger partial charge in [0.25, 0.3) is 0 Å². The molecule has 0 aromatic heterocycles. The second-order valence-electron chi connectivity index (χ2n) is 4.60. The second-order valence-corrected chi connectivity index (χ2v) is 5.45. The fraction of sp³-hybridized carbons (Fsp3) is 0.571. The maximum atomic E-state index is 12.6. The highest BCUT2D eigenvalue weighted by Gasteiger charge is 2.31.